The van der Waals surface area contributed by atoms with Gasteiger partial charge in [-0.25, -0.2) is 22.0 Å². The number of nitrogens with zero attached hydrogens (tertiary/aromatic N) is 3. The van der Waals surface area contributed by atoms with Crippen molar-refractivity contribution in [3.63, 3.8) is 0 Å². The van der Waals surface area contributed by atoms with Crippen LogP contribution in [0.2, 0.25) is 0 Å². The molecule has 168 valence electrons. The number of carbonyl (C=O) groups excluding carboxylic acids is 1. The van der Waals surface area contributed by atoms with E-state index in [1.54, 1.807) is 0 Å². The molecular weight excluding hydrogens is 414 g/mol. The van der Waals surface area contributed by atoms with Crippen molar-refractivity contribution in [3.8, 4) is 0 Å². The monoisotopic (exact) mass is 444 g/mol. The molecule has 0 bridgehead atoms. The Hall–Kier alpha value is -1.78. The van der Waals surface area contributed by atoms with Crippen molar-refractivity contribution in [2.24, 2.45) is 0 Å². The number of likely N-dealkylation sites (tertiary alicyclic amines) is 2. The lowest BCUT2D eigenvalue weighted by atomic mass is 10.1. The number of sulfonamides is 1. The Balaban J connectivity index is 1.64. The highest BCUT2D eigenvalue weighted by atomic mass is 32.2. The number of carbonyl (C=O) groups is 1. The first-order valence-electron chi connectivity index (χ1n) is 10.4. The summed E-state index contributed by atoms with van der Waals surface area (Å²) in [5.41, 5.74) is -0.229. The van der Waals surface area contributed by atoms with Gasteiger partial charge in [0.2, 0.25) is 10.0 Å². The zero-order valence-electron chi connectivity index (χ0n) is 17.3. The number of urea groups is 1. The van der Waals surface area contributed by atoms with Gasteiger partial charge in [0.05, 0.1) is 11.9 Å². The SMILES string of the molecule is CS(=O)(=O)N(CCN1CCCCC1)C1CCCN(C(=O)Nc2cc(F)ccc2F)C1. The van der Waals surface area contributed by atoms with E-state index in [-0.39, 0.29) is 18.3 Å². The highest BCUT2D eigenvalue weighted by molar-refractivity contribution is 7.88. The molecular formula is C20H30F2N4O3S. The predicted molar refractivity (Wildman–Crippen MR) is 112 cm³/mol. The molecule has 30 heavy (non-hydrogen) atoms. The summed E-state index contributed by atoms with van der Waals surface area (Å²) in [6.45, 7) is 3.67. The number of piperidine rings is 2. The van der Waals surface area contributed by atoms with Gasteiger partial charge in [-0.1, -0.05) is 6.42 Å². The number of halogens is 2. The van der Waals surface area contributed by atoms with Crippen molar-refractivity contribution in [1.82, 2.24) is 14.1 Å². The van der Waals surface area contributed by atoms with Crippen molar-refractivity contribution in [3.05, 3.63) is 29.8 Å². The van der Waals surface area contributed by atoms with E-state index in [9.17, 15) is 22.0 Å². The van der Waals surface area contributed by atoms with Gasteiger partial charge in [-0.2, -0.15) is 4.31 Å². The number of hydrogen-bond donors (Lipinski definition) is 1. The van der Waals surface area contributed by atoms with Crippen molar-refractivity contribution in [2.75, 3.05) is 50.8 Å². The Morgan fingerprint density at radius 2 is 1.90 bits per heavy atom. The maximum Gasteiger partial charge on any atom is 0.321 e. The van der Waals surface area contributed by atoms with Crippen LogP contribution >= 0.6 is 0 Å². The summed E-state index contributed by atoms with van der Waals surface area (Å²) < 4.78 is 53.6. The molecule has 0 saturated carbocycles. The molecule has 0 radical (unpaired) electrons. The van der Waals surface area contributed by atoms with Gasteiger partial charge >= 0.3 is 6.03 Å². The van der Waals surface area contributed by atoms with Crippen molar-refractivity contribution < 1.29 is 22.0 Å². The molecule has 0 spiro atoms. The van der Waals surface area contributed by atoms with Crippen molar-refractivity contribution in [1.29, 1.82) is 0 Å². The minimum absolute atomic E-state index is 0.218. The van der Waals surface area contributed by atoms with Crippen molar-refractivity contribution >= 4 is 21.7 Å². The summed E-state index contributed by atoms with van der Waals surface area (Å²) in [4.78, 5) is 16.4. The fraction of sp³-hybridized carbons (Fsp3) is 0.650. The Kier molecular flexibility index (Phi) is 7.65. The number of benzene rings is 1. The van der Waals surface area contributed by atoms with Gasteiger partial charge in [-0.3, -0.25) is 0 Å². The van der Waals surface area contributed by atoms with Crippen LogP contribution in [0.3, 0.4) is 0 Å². The van der Waals surface area contributed by atoms with Gasteiger partial charge in [-0.05, 0) is 50.9 Å². The zero-order chi connectivity index (χ0) is 21.7. The zero-order valence-corrected chi connectivity index (χ0v) is 18.1. The Morgan fingerprint density at radius 1 is 1.17 bits per heavy atom. The molecule has 2 fully saturated rings. The Labute approximate surface area is 177 Å². The molecule has 1 N–H and O–H groups in total. The van der Waals surface area contributed by atoms with E-state index in [4.69, 9.17) is 0 Å². The van der Waals surface area contributed by atoms with E-state index in [0.717, 1.165) is 44.1 Å². The molecule has 1 unspecified atom stereocenters. The molecule has 2 saturated heterocycles. The average molecular weight is 445 g/mol. The largest absolute Gasteiger partial charge is 0.323 e. The molecule has 0 aromatic heterocycles. The third kappa shape index (κ3) is 6.12. The molecule has 3 rings (SSSR count). The first-order valence-corrected chi connectivity index (χ1v) is 12.3. The van der Waals surface area contributed by atoms with Gasteiger partial charge < -0.3 is 15.1 Å². The number of anilines is 1. The summed E-state index contributed by atoms with van der Waals surface area (Å²) in [5.74, 6) is -1.37. The quantitative estimate of drug-likeness (QED) is 0.732. The number of rotatable bonds is 6. The molecule has 10 heteroatoms. The predicted octanol–water partition coefficient (Wildman–Crippen LogP) is 2.71. The summed E-state index contributed by atoms with van der Waals surface area (Å²) in [6.07, 6.45) is 5.97. The van der Waals surface area contributed by atoms with Gasteiger partial charge in [0.25, 0.3) is 0 Å². The molecule has 2 aliphatic rings. The maximum atomic E-state index is 13.8. The Morgan fingerprint density at radius 3 is 2.60 bits per heavy atom. The van der Waals surface area contributed by atoms with Crippen LogP contribution in [0, 0.1) is 11.6 Å². The lowest BCUT2D eigenvalue weighted by molar-refractivity contribution is 0.146. The van der Waals surface area contributed by atoms with Gasteiger partial charge in [0.1, 0.15) is 11.6 Å². The van der Waals surface area contributed by atoms with Crippen LogP contribution in [-0.2, 0) is 10.0 Å². The van der Waals surface area contributed by atoms with E-state index < -0.39 is 27.7 Å². The van der Waals surface area contributed by atoms with Crippen LogP contribution in [0.4, 0.5) is 19.3 Å². The second-order valence-electron chi connectivity index (χ2n) is 8.07. The standard InChI is InChI=1S/C20H30F2N4O3S/c1-30(28,29)26(13-12-24-9-3-2-4-10-24)17-6-5-11-25(15-17)20(27)23-19-14-16(21)7-8-18(19)22/h7-8,14,17H,2-6,9-13,15H2,1H3,(H,23,27). The van der Waals surface area contributed by atoms with E-state index in [0.29, 0.717) is 32.5 Å². The van der Waals surface area contributed by atoms with Gasteiger partial charge in [0.15, 0.2) is 0 Å². The number of nitrogens with one attached hydrogen (secondary N) is 1. The third-order valence-electron chi connectivity index (χ3n) is 5.77. The van der Waals surface area contributed by atoms with Gasteiger partial charge in [-0.15, -0.1) is 0 Å². The maximum absolute atomic E-state index is 13.8. The van der Waals surface area contributed by atoms with E-state index in [1.807, 2.05) is 0 Å². The fourth-order valence-corrected chi connectivity index (χ4v) is 5.33. The molecule has 1 atom stereocenters. The van der Waals surface area contributed by atoms with Crippen LogP contribution in [0.5, 0.6) is 0 Å². The van der Waals surface area contributed by atoms with E-state index in [2.05, 4.69) is 10.2 Å². The summed E-state index contributed by atoms with van der Waals surface area (Å²) in [5, 5.41) is 2.40. The molecule has 0 aliphatic carbocycles. The lowest BCUT2D eigenvalue weighted by Gasteiger charge is -2.39. The van der Waals surface area contributed by atoms with Crippen LogP contribution in [0.15, 0.2) is 18.2 Å². The molecule has 2 aliphatic heterocycles. The van der Waals surface area contributed by atoms with Crippen LogP contribution in [-0.4, -0.2) is 80.1 Å². The normalized spacial score (nSPS) is 21.1. The van der Waals surface area contributed by atoms with Gasteiger partial charge in [0, 0.05) is 38.3 Å². The summed E-state index contributed by atoms with van der Waals surface area (Å²) >= 11 is 0. The first kappa shape index (κ1) is 22.9. The van der Waals surface area contributed by atoms with E-state index >= 15 is 0 Å². The van der Waals surface area contributed by atoms with E-state index in [1.165, 1.54) is 21.9 Å². The van der Waals surface area contributed by atoms with Crippen LogP contribution in [0.25, 0.3) is 0 Å². The highest BCUT2D eigenvalue weighted by Gasteiger charge is 2.33. The third-order valence-corrected chi connectivity index (χ3v) is 7.10. The molecule has 1 aromatic carbocycles. The smallest absolute Gasteiger partial charge is 0.321 e. The highest BCUT2D eigenvalue weighted by Crippen LogP contribution is 2.21. The molecule has 7 nitrogen and oxygen atoms in total. The minimum atomic E-state index is -3.45. The molecule has 1 aromatic rings. The molecule has 2 amide bonds. The Bertz CT molecular complexity index is 846. The van der Waals surface area contributed by atoms with Crippen LogP contribution in [0.1, 0.15) is 32.1 Å². The first-order chi connectivity index (χ1) is 14.2. The number of hydrogen-bond acceptors (Lipinski definition) is 4. The second-order valence-corrected chi connectivity index (χ2v) is 10.0. The average Bonchev–Trinajstić information content (AvgIpc) is 2.71. The van der Waals surface area contributed by atoms with Crippen molar-refractivity contribution in [2.45, 2.75) is 38.1 Å². The fourth-order valence-electron chi connectivity index (χ4n) is 4.20. The summed E-state index contributed by atoms with van der Waals surface area (Å²) in [7, 11) is -3.45. The summed E-state index contributed by atoms with van der Waals surface area (Å²) in [6, 6.07) is 1.97. The lowest BCUT2D eigenvalue weighted by Crippen LogP contribution is -2.53. The van der Waals surface area contributed by atoms with Crippen LogP contribution < -0.4 is 5.32 Å². The minimum Gasteiger partial charge on any atom is -0.323 e. The topological polar surface area (TPSA) is 73.0 Å². The molecule has 2 heterocycles. The second kappa shape index (κ2) is 10.0. The number of amides is 2.